The minimum atomic E-state index is 0.0269. The van der Waals surface area contributed by atoms with Gasteiger partial charge in [0.1, 0.15) is 6.26 Å². The molecule has 96 valence electrons. The maximum absolute atomic E-state index is 12.2. The number of rotatable bonds is 1. The molecule has 0 aliphatic carbocycles. The maximum atomic E-state index is 12.2. The van der Waals surface area contributed by atoms with Crippen LogP contribution in [-0.4, -0.2) is 35.8 Å². The van der Waals surface area contributed by atoms with Crippen LogP contribution >= 0.6 is 0 Å². The Bertz CT molecular complexity index is 455. The van der Waals surface area contributed by atoms with Gasteiger partial charge in [0.15, 0.2) is 0 Å². The number of carbonyl (C=O) groups is 2. The first-order valence-corrected chi connectivity index (χ1v) is 6.35. The summed E-state index contributed by atoms with van der Waals surface area (Å²) in [5, 5.41) is 3.02. The van der Waals surface area contributed by atoms with E-state index in [0.29, 0.717) is 24.4 Å². The molecule has 0 aromatic carbocycles. The molecule has 0 spiro atoms. The van der Waals surface area contributed by atoms with Crippen molar-refractivity contribution in [2.75, 3.05) is 13.1 Å². The second-order valence-electron chi connectivity index (χ2n) is 5.02. The average Bonchev–Trinajstić information content (AvgIpc) is 2.91. The zero-order chi connectivity index (χ0) is 12.5. The first-order chi connectivity index (χ1) is 8.74. The minimum absolute atomic E-state index is 0.0269. The Labute approximate surface area is 105 Å². The second kappa shape index (κ2) is 4.48. The van der Waals surface area contributed by atoms with Crippen LogP contribution in [0.3, 0.4) is 0 Å². The van der Waals surface area contributed by atoms with Crippen molar-refractivity contribution >= 4 is 11.8 Å². The molecule has 2 unspecified atom stereocenters. The number of furan rings is 1. The van der Waals surface area contributed by atoms with Gasteiger partial charge in [-0.25, -0.2) is 0 Å². The predicted octanol–water partition coefficient (Wildman–Crippen LogP) is 1.02. The molecule has 0 radical (unpaired) electrons. The highest BCUT2D eigenvalue weighted by atomic mass is 16.3. The molecule has 2 aliphatic rings. The van der Waals surface area contributed by atoms with Gasteiger partial charge in [-0.1, -0.05) is 0 Å². The predicted molar refractivity (Wildman–Crippen MR) is 63.9 cm³/mol. The van der Waals surface area contributed by atoms with Crippen molar-refractivity contribution < 1.29 is 14.0 Å². The van der Waals surface area contributed by atoms with Crippen LogP contribution in [0.5, 0.6) is 0 Å². The molecule has 2 fully saturated rings. The van der Waals surface area contributed by atoms with E-state index in [1.165, 1.54) is 12.5 Å². The summed E-state index contributed by atoms with van der Waals surface area (Å²) in [5.41, 5.74) is 0.605. The standard InChI is InChI=1S/C13H16N2O3/c16-12-2-1-9-7-15(5-3-11(9)14-12)13(17)10-4-6-18-8-10/h4,6,8-9,11H,1-3,5,7H2,(H,14,16). The molecule has 3 heterocycles. The summed E-state index contributed by atoms with van der Waals surface area (Å²) < 4.78 is 4.94. The van der Waals surface area contributed by atoms with Crippen molar-refractivity contribution in [3.63, 3.8) is 0 Å². The summed E-state index contributed by atoms with van der Waals surface area (Å²) in [4.78, 5) is 25.4. The number of hydrogen-bond donors (Lipinski definition) is 1. The van der Waals surface area contributed by atoms with Crippen LogP contribution in [0.1, 0.15) is 29.6 Å². The average molecular weight is 248 g/mol. The quantitative estimate of drug-likeness (QED) is 0.807. The van der Waals surface area contributed by atoms with Crippen LogP contribution in [0.4, 0.5) is 0 Å². The van der Waals surface area contributed by atoms with E-state index in [0.717, 1.165) is 19.4 Å². The number of fused-ring (bicyclic) bond motifs is 1. The third-order valence-corrected chi connectivity index (χ3v) is 3.88. The van der Waals surface area contributed by atoms with Crippen molar-refractivity contribution in [3.05, 3.63) is 24.2 Å². The lowest BCUT2D eigenvalue weighted by Gasteiger charge is -2.41. The van der Waals surface area contributed by atoms with E-state index in [2.05, 4.69) is 5.32 Å². The number of likely N-dealkylation sites (tertiary alicyclic amines) is 1. The highest BCUT2D eigenvalue weighted by Gasteiger charge is 2.35. The number of piperidine rings is 2. The zero-order valence-corrected chi connectivity index (χ0v) is 10.1. The van der Waals surface area contributed by atoms with Gasteiger partial charge in [0.05, 0.1) is 11.8 Å². The molecule has 2 amide bonds. The fourth-order valence-electron chi connectivity index (χ4n) is 2.86. The van der Waals surface area contributed by atoms with Crippen LogP contribution in [0.2, 0.25) is 0 Å². The van der Waals surface area contributed by atoms with Gasteiger partial charge in [0.2, 0.25) is 5.91 Å². The van der Waals surface area contributed by atoms with Crippen LogP contribution < -0.4 is 5.32 Å². The van der Waals surface area contributed by atoms with E-state index >= 15 is 0 Å². The largest absolute Gasteiger partial charge is 0.472 e. The van der Waals surface area contributed by atoms with Crippen molar-refractivity contribution in [1.29, 1.82) is 0 Å². The smallest absolute Gasteiger partial charge is 0.257 e. The van der Waals surface area contributed by atoms with Gasteiger partial charge in [-0.15, -0.1) is 0 Å². The summed E-state index contributed by atoms with van der Waals surface area (Å²) in [7, 11) is 0. The number of amides is 2. The molecule has 3 rings (SSSR count). The van der Waals surface area contributed by atoms with E-state index in [4.69, 9.17) is 4.42 Å². The van der Waals surface area contributed by atoms with Gasteiger partial charge in [0, 0.05) is 25.6 Å². The van der Waals surface area contributed by atoms with Gasteiger partial charge < -0.3 is 14.6 Å². The SMILES string of the molecule is O=C1CCC2CN(C(=O)c3ccoc3)CCC2N1. The first-order valence-electron chi connectivity index (χ1n) is 6.35. The number of carbonyl (C=O) groups excluding carboxylic acids is 2. The van der Waals surface area contributed by atoms with Crippen molar-refractivity contribution in [2.45, 2.75) is 25.3 Å². The summed E-state index contributed by atoms with van der Waals surface area (Å²) in [5.74, 6) is 0.567. The fourth-order valence-corrected chi connectivity index (χ4v) is 2.86. The molecule has 5 nitrogen and oxygen atoms in total. The van der Waals surface area contributed by atoms with Crippen molar-refractivity contribution in [3.8, 4) is 0 Å². The normalized spacial score (nSPS) is 27.6. The highest BCUT2D eigenvalue weighted by Crippen LogP contribution is 2.26. The van der Waals surface area contributed by atoms with Crippen LogP contribution in [0.15, 0.2) is 23.0 Å². The minimum Gasteiger partial charge on any atom is -0.472 e. The Kier molecular flexibility index (Phi) is 2.81. The number of hydrogen-bond acceptors (Lipinski definition) is 3. The van der Waals surface area contributed by atoms with E-state index in [1.54, 1.807) is 6.07 Å². The van der Waals surface area contributed by atoms with Gasteiger partial charge in [-0.2, -0.15) is 0 Å². The van der Waals surface area contributed by atoms with Crippen LogP contribution in [0, 0.1) is 5.92 Å². The van der Waals surface area contributed by atoms with Crippen molar-refractivity contribution in [2.24, 2.45) is 5.92 Å². The molecular weight excluding hydrogens is 232 g/mol. The molecule has 18 heavy (non-hydrogen) atoms. The molecule has 5 heteroatoms. The first kappa shape index (κ1) is 11.3. The third kappa shape index (κ3) is 2.00. The molecule has 2 aliphatic heterocycles. The second-order valence-corrected chi connectivity index (χ2v) is 5.02. The topological polar surface area (TPSA) is 62.6 Å². The van der Waals surface area contributed by atoms with Gasteiger partial charge in [-0.05, 0) is 24.8 Å². The van der Waals surface area contributed by atoms with Gasteiger partial charge in [-0.3, -0.25) is 9.59 Å². The van der Waals surface area contributed by atoms with Crippen LogP contribution in [0.25, 0.3) is 0 Å². The summed E-state index contributed by atoms with van der Waals surface area (Å²) in [6.07, 6.45) is 5.30. The van der Waals surface area contributed by atoms with Gasteiger partial charge in [0.25, 0.3) is 5.91 Å². The lowest BCUT2D eigenvalue weighted by atomic mass is 9.85. The Balaban J connectivity index is 1.67. The van der Waals surface area contributed by atoms with E-state index in [-0.39, 0.29) is 17.9 Å². The molecule has 1 aromatic heterocycles. The van der Waals surface area contributed by atoms with Gasteiger partial charge >= 0.3 is 0 Å². The summed E-state index contributed by atoms with van der Waals surface area (Å²) >= 11 is 0. The highest BCUT2D eigenvalue weighted by molar-refractivity contribution is 5.93. The van der Waals surface area contributed by atoms with E-state index < -0.39 is 0 Å². The van der Waals surface area contributed by atoms with E-state index in [1.807, 2.05) is 4.90 Å². The number of nitrogens with zero attached hydrogens (tertiary/aromatic N) is 1. The molecule has 1 N–H and O–H groups in total. The Morgan fingerprint density at radius 2 is 2.33 bits per heavy atom. The molecule has 2 atom stereocenters. The summed E-state index contributed by atoms with van der Waals surface area (Å²) in [6.45, 7) is 1.43. The third-order valence-electron chi connectivity index (χ3n) is 3.88. The van der Waals surface area contributed by atoms with E-state index in [9.17, 15) is 9.59 Å². The molecule has 0 bridgehead atoms. The van der Waals surface area contributed by atoms with Crippen molar-refractivity contribution in [1.82, 2.24) is 10.2 Å². The lowest BCUT2D eigenvalue weighted by Crippen LogP contribution is -2.55. The molecule has 0 saturated carbocycles. The fraction of sp³-hybridized carbons (Fsp3) is 0.538. The van der Waals surface area contributed by atoms with Crippen LogP contribution in [-0.2, 0) is 4.79 Å². The molecular formula is C13H16N2O3. The monoisotopic (exact) mass is 248 g/mol. The number of nitrogens with one attached hydrogen (secondary N) is 1. The Morgan fingerprint density at radius 3 is 3.11 bits per heavy atom. The Hall–Kier alpha value is -1.78. The zero-order valence-electron chi connectivity index (χ0n) is 10.1. The lowest BCUT2D eigenvalue weighted by molar-refractivity contribution is -0.125. The molecule has 1 aromatic rings. The molecule has 2 saturated heterocycles. The maximum Gasteiger partial charge on any atom is 0.257 e. The summed E-state index contributed by atoms with van der Waals surface area (Å²) in [6, 6.07) is 1.94. The Morgan fingerprint density at radius 1 is 1.44 bits per heavy atom.